The van der Waals surface area contributed by atoms with Crippen LogP contribution in [0.1, 0.15) is 19.4 Å². The highest BCUT2D eigenvalue weighted by atomic mass is 35.5. The van der Waals surface area contributed by atoms with E-state index in [9.17, 15) is 9.59 Å². The molecule has 2 N–H and O–H groups in total. The molecule has 0 fully saturated rings. The van der Waals surface area contributed by atoms with Crippen LogP contribution in [0.3, 0.4) is 0 Å². The van der Waals surface area contributed by atoms with Crippen LogP contribution in [0, 0.1) is 16.7 Å². The van der Waals surface area contributed by atoms with Gasteiger partial charge in [0.2, 0.25) is 11.8 Å². The van der Waals surface area contributed by atoms with Crippen LogP contribution in [0.25, 0.3) is 0 Å². The number of para-hydroxylation sites is 1. The number of amides is 2. The van der Waals surface area contributed by atoms with Crippen molar-refractivity contribution in [3.63, 3.8) is 0 Å². The van der Waals surface area contributed by atoms with Crippen LogP contribution in [0.15, 0.2) is 42.5 Å². The molecule has 0 radical (unpaired) electrons. The predicted molar refractivity (Wildman–Crippen MR) is 98.7 cm³/mol. The number of carbonyl (C=O) groups excluding carboxylic acids is 2. The van der Waals surface area contributed by atoms with E-state index in [2.05, 4.69) is 10.6 Å². The van der Waals surface area contributed by atoms with Gasteiger partial charge in [-0.2, -0.15) is 5.26 Å². The van der Waals surface area contributed by atoms with Crippen LogP contribution in [0.5, 0.6) is 0 Å². The molecule has 0 aliphatic heterocycles. The maximum atomic E-state index is 12.5. The van der Waals surface area contributed by atoms with E-state index in [4.69, 9.17) is 28.5 Å². The minimum Gasteiger partial charge on any atom is -0.325 e. The second kappa shape index (κ2) is 7.56. The van der Waals surface area contributed by atoms with Crippen molar-refractivity contribution in [2.75, 3.05) is 10.6 Å². The SMILES string of the molecule is CC(C)(C(=O)Nc1cc(Cl)cc(Cl)c1)C(=O)Nc1ccccc1C#N. The first-order chi connectivity index (χ1) is 11.7. The Labute approximate surface area is 155 Å². The number of hydrogen-bond acceptors (Lipinski definition) is 3. The van der Waals surface area contributed by atoms with Crippen molar-refractivity contribution in [3.8, 4) is 6.07 Å². The monoisotopic (exact) mass is 375 g/mol. The molecule has 2 amide bonds. The summed E-state index contributed by atoms with van der Waals surface area (Å²) in [5, 5.41) is 15.1. The minimum atomic E-state index is -1.39. The zero-order valence-corrected chi connectivity index (χ0v) is 15.1. The fourth-order valence-corrected chi connectivity index (χ4v) is 2.51. The summed E-state index contributed by atoms with van der Waals surface area (Å²) in [5.74, 6) is -1.07. The molecule has 0 saturated heterocycles. The van der Waals surface area contributed by atoms with Gasteiger partial charge in [0.15, 0.2) is 0 Å². The number of hydrogen-bond donors (Lipinski definition) is 2. The van der Waals surface area contributed by atoms with E-state index >= 15 is 0 Å². The van der Waals surface area contributed by atoms with Gasteiger partial charge in [-0.05, 0) is 44.2 Å². The van der Waals surface area contributed by atoms with E-state index in [0.717, 1.165) is 0 Å². The highest BCUT2D eigenvalue weighted by Gasteiger charge is 2.36. The Kier molecular flexibility index (Phi) is 5.68. The second-order valence-electron chi connectivity index (χ2n) is 5.85. The van der Waals surface area contributed by atoms with E-state index in [1.54, 1.807) is 24.3 Å². The number of halogens is 2. The molecule has 0 spiro atoms. The molecule has 128 valence electrons. The molecule has 0 unspecified atom stereocenters. The van der Waals surface area contributed by atoms with E-state index < -0.39 is 17.2 Å². The molecule has 2 rings (SSSR count). The third-order valence-corrected chi connectivity index (χ3v) is 3.99. The Balaban J connectivity index is 2.17. The molecule has 2 aromatic carbocycles. The average Bonchev–Trinajstić information content (AvgIpc) is 2.54. The lowest BCUT2D eigenvalue weighted by atomic mass is 9.90. The molecule has 0 atom stereocenters. The smallest absolute Gasteiger partial charge is 0.239 e. The number of nitrogens with one attached hydrogen (secondary N) is 2. The molecule has 0 bridgehead atoms. The van der Waals surface area contributed by atoms with E-state index in [-0.39, 0.29) is 0 Å². The molecular weight excluding hydrogens is 361 g/mol. The van der Waals surface area contributed by atoms with Gasteiger partial charge in [0, 0.05) is 15.7 Å². The van der Waals surface area contributed by atoms with Crippen LogP contribution in [-0.4, -0.2) is 11.8 Å². The first-order valence-electron chi connectivity index (χ1n) is 7.32. The van der Waals surface area contributed by atoms with E-state index in [1.807, 2.05) is 6.07 Å². The lowest BCUT2D eigenvalue weighted by molar-refractivity contribution is -0.135. The summed E-state index contributed by atoms with van der Waals surface area (Å²) in [6.45, 7) is 2.97. The summed E-state index contributed by atoms with van der Waals surface area (Å²) >= 11 is 11.8. The summed E-state index contributed by atoms with van der Waals surface area (Å²) in [4.78, 5) is 25.1. The topological polar surface area (TPSA) is 82.0 Å². The summed E-state index contributed by atoms with van der Waals surface area (Å²) < 4.78 is 0. The van der Waals surface area contributed by atoms with Crippen LogP contribution in [-0.2, 0) is 9.59 Å². The van der Waals surface area contributed by atoms with Crippen molar-refractivity contribution in [2.24, 2.45) is 5.41 Å². The zero-order valence-electron chi connectivity index (χ0n) is 13.6. The summed E-state index contributed by atoms with van der Waals surface area (Å²) in [6, 6.07) is 13.2. The van der Waals surface area contributed by atoms with Crippen LogP contribution in [0.4, 0.5) is 11.4 Å². The first-order valence-corrected chi connectivity index (χ1v) is 8.08. The van der Waals surface area contributed by atoms with Crippen LogP contribution in [0.2, 0.25) is 10.0 Å². The lowest BCUT2D eigenvalue weighted by Crippen LogP contribution is -2.41. The molecule has 0 aromatic heterocycles. The molecule has 0 saturated carbocycles. The number of benzene rings is 2. The number of nitriles is 1. The van der Waals surface area contributed by atoms with Crippen molar-refractivity contribution in [3.05, 3.63) is 58.1 Å². The van der Waals surface area contributed by atoms with Gasteiger partial charge >= 0.3 is 0 Å². The molecule has 0 heterocycles. The quantitative estimate of drug-likeness (QED) is 0.773. The molecule has 7 heteroatoms. The van der Waals surface area contributed by atoms with Crippen LogP contribution >= 0.6 is 23.2 Å². The molecule has 25 heavy (non-hydrogen) atoms. The van der Waals surface area contributed by atoms with Crippen LogP contribution < -0.4 is 10.6 Å². The van der Waals surface area contributed by atoms with Gasteiger partial charge in [0.05, 0.1) is 11.3 Å². The average molecular weight is 376 g/mol. The van der Waals surface area contributed by atoms with Gasteiger partial charge in [-0.3, -0.25) is 9.59 Å². The zero-order chi connectivity index (χ0) is 18.6. The number of carbonyl (C=O) groups is 2. The van der Waals surface area contributed by atoms with Gasteiger partial charge in [0.25, 0.3) is 0 Å². The molecule has 0 aliphatic rings. The van der Waals surface area contributed by atoms with Gasteiger partial charge in [-0.25, -0.2) is 0 Å². The third-order valence-electron chi connectivity index (χ3n) is 3.55. The normalized spacial score (nSPS) is 10.7. The van der Waals surface area contributed by atoms with Crippen molar-refractivity contribution in [1.82, 2.24) is 0 Å². The predicted octanol–water partition coefficient (Wildman–Crippen LogP) is 4.47. The van der Waals surface area contributed by atoms with Gasteiger partial charge < -0.3 is 10.6 Å². The molecule has 5 nitrogen and oxygen atoms in total. The minimum absolute atomic E-state index is 0.314. The second-order valence-corrected chi connectivity index (χ2v) is 6.72. The summed E-state index contributed by atoms with van der Waals surface area (Å²) in [5.41, 5.74) is -0.340. The molecular formula is C18H15Cl2N3O2. The van der Waals surface area contributed by atoms with Crippen molar-refractivity contribution < 1.29 is 9.59 Å². The summed E-state index contributed by atoms with van der Waals surface area (Å²) in [6.07, 6.45) is 0. The third kappa shape index (κ3) is 4.50. The number of nitrogens with zero attached hydrogens (tertiary/aromatic N) is 1. The standard InChI is InChI=1S/C18H15Cl2N3O2/c1-18(2,16(24)22-14-8-12(19)7-13(20)9-14)17(25)23-15-6-4-3-5-11(15)10-21/h3-9H,1-2H3,(H,22,24)(H,23,25). The maximum Gasteiger partial charge on any atom is 0.239 e. The highest BCUT2D eigenvalue weighted by molar-refractivity contribution is 6.35. The van der Waals surface area contributed by atoms with Crippen molar-refractivity contribution >= 4 is 46.4 Å². The Bertz CT molecular complexity index is 853. The van der Waals surface area contributed by atoms with Crippen molar-refractivity contribution in [1.29, 1.82) is 5.26 Å². The summed E-state index contributed by atoms with van der Waals surface area (Å²) in [7, 11) is 0. The van der Waals surface area contributed by atoms with Crippen molar-refractivity contribution in [2.45, 2.75) is 13.8 Å². The Hall–Kier alpha value is -2.55. The Morgan fingerprint density at radius 1 is 1.00 bits per heavy atom. The fourth-order valence-electron chi connectivity index (χ4n) is 1.98. The molecule has 0 aliphatic carbocycles. The Morgan fingerprint density at radius 2 is 1.56 bits per heavy atom. The number of rotatable bonds is 4. The Morgan fingerprint density at radius 3 is 2.16 bits per heavy atom. The number of anilines is 2. The lowest BCUT2D eigenvalue weighted by Gasteiger charge is -2.23. The first kappa shape index (κ1) is 18.8. The maximum absolute atomic E-state index is 12.5. The largest absolute Gasteiger partial charge is 0.325 e. The highest BCUT2D eigenvalue weighted by Crippen LogP contribution is 2.26. The fraction of sp³-hybridized carbons (Fsp3) is 0.167. The molecule has 2 aromatic rings. The van der Waals surface area contributed by atoms with Gasteiger partial charge in [-0.1, -0.05) is 35.3 Å². The van der Waals surface area contributed by atoms with E-state index in [0.29, 0.717) is 27.0 Å². The van der Waals surface area contributed by atoms with Gasteiger partial charge in [-0.15, -0.1) is 0 Å². The van der Waals surface area contributed by atoms with Gasteiger partial charge in [0.1, 0.15) is 11.5 Å². The van der Waals surface area contributed by atoms with E-state index in [1.165, 1.54) is 32.0 Å².